The van der Waals surface area contributed by atoms with Gasteiger partial charge < -0.3 is 5.32 Å². The van der Waals surface area contributed by atoms with Gasteiger partial charge in [-0.3, -0.25) is 4.79 Å². The zero-order valence-electron chi connectivity index (χ0n) is 11.7. The number of amides is 1. The molecule has 1 aromatic carbocycles. The van der Waals surface area contributed by atoms with Gasteiger partial charge in [0.05, 0.1) is 0 Å². The van der Waals surface area contributed by atoms with Crippen molar-refractivity contribution in [2.45, 2.75) is 47.5 Å². The number of carbonyl (C=O) groups excluding carboxylic acids is 1. The quantitative estimate of drug-likeness (QED) is 0.823. The highest BCUT2D eigenvalue weighted by Gasteiger charge is 2.11. The predicted octanol–water partition coefficient (Wildman–Crippen LogP) is 4.40. The van der Waals surface area contributed by atoms with Gasteiger partial charge in [-0.25, -0.2) is 0 Å². The van der Waals surface area contributed by atoms with E-state index in [1.807, 2.05) is 52.0 Å². The first-order valence-electron chi connectivity index (χ1n) is 6.51. The van der Waals surface area contributed by atoms with Gasteiger partial charge in [0.15, 0.2) is 0 Å². The van der Waals surface area contributed by atoms with Crippen molar-refractivity contribution in [2.24, 2.45) is 5.92 Å². The Morgan fingerprint density at radius 2 is 1.76 bits per heavy atom. The van der Waals surface area contributed by atoms with Gasteiger partial charge in [-0.05, 0) is 25.5 Å². The van der Waals surface area contributed by atoms with E-state index in [-0.39, 0.29) is 11.8 Å². The standard InChI is InChI=1S/C13H19NO.C2H6/c1-4-5-11(3)13(15)14-12-8-6-10(2)7-9-12;1-2/h6-9,11H,4-5H2,1-3H3,(H,14,15);1-2H3. The van der Waals surface area contributed by atoms with Crippen LogP contribution in [0.4, 0.5) is 5.69 Å². The van der Waals surface area contributed by atoms with E-state index >= 15 is 0 Å². The lowest BCUT2D eigenvalue weighted by molar-refractivity contribution is -0.119. The first-order valence-corrected chi connectivity index (χ1v) is 6.51. The lowest BCUT2D eigenvalue weighted by Gasteiger charge is -2.11. The van der Waals surface area contributed by atoms with E-state index in [0.29, 0.717) is 0 Å². The van der Waals surface area contributed by atoms with Crippen LogP contribution in [0, 0.1) is 12.8 Å². The SMILES string of the molecule is CC.CCCC(C)C(=O)Nc1ccc(C)cc1. The van der Waals surface area contributed by atoms with Crippen LogP contribution in [0.2, 0.25) is 0 Å². The minimum atomic E-state index is 0.0938. The average molecular weight is 235 g/mol. The van der Waals surface area contributed by atoms with Crippen LogP contribution >= 0.6 is 0 Å². The zero-order valence-corrected chi connectivity index (χ0v) is 11.7. The van der Waals surface area contributed by atoms with Crippen LogP contribution in [0.3, 0.4) is 0 Å². The lowest BCUT2D eigenvalue weighted by atomic mass is 10.1. The minimum Gasteiger partial charge on any atom is -0.326 e. The van der Waals surface area contributed by atoms with E-state index in [0.717, 1.165) is 18.5 Å². The molecule has 0 bridgehead atoms. The molecule has 1 unspecified atom stereocenters. The maximum atomic E-state index is 11.7. The average Bonchev–Trinajstić information content (AvgIpc) is 2.35. The van der Waals surface area contributed by atoms with Crippen LogP contribution in [0.5, 0.6) is 0 Å². The van der Waals surface area contributed by atoms with Crippen LogP contribution in [-0.2, 0) is 4.79 Å². The van der Waals surface area contributed by atoms with Crippen LogP contribution in [0.1, 0.15) is 46.1 Å². The molecule has 96 valence electrons. The normalized spacial score (nSPS) is 11.1. The largest absolute Gasteiger partial charge is 0.326 e. The highest BCUT2D eigenvalue weighted by atomic mass is 16.1. The van der Waals surface area contributed by atoms with E-state index in [2.05, 4.69) is 12.2 Å². The molecule has 17 heavy (non-hydrogen) atoms. The van der Waals surface area contributed by atoms with Gasteiger partial charge in [-0.15, -0.1) is 0 Å². The van der Waals surface area contributed by atoms with Crippen LogP contribution in [0.25, 0.3) is 0 Å². The van der Waals surface area contributed by atoms with Gasteiger partial charge in [0.1, 0.15) is 0 Å². The first kappa shape index (κ1) is 15.7. The van der Waals surface area contributed by atoms with Crippen LogP contribution in [0.15, 0.2) is 24.3 Å². The number of hydrogen-bond donors (Lipinski definition) is 1. The Morgan fingerprint density at radius 3 is 2.24 bits per heavy atom. The van der Waals surface area contributed by atoms with Crippen molar-refractivity contribution in [3.05, 3.63) is 29.8 Å². The van der Waals surface area contributed by atoms with Crippen molar-refractivity contribution >= 4 is 11.6 Å². The number of carbonyl (C=O) groups is 1. The fourth-order valence-corrected chi connectivity index (χ4v) is 1.47. The summed E-state index contributed by atoms with van der Waals surface area (Å²) in [5.74, 6) is 0.206. The van der Waals surface area contributed by atoms with Crippen molar-refractivity contribution in [3.8, 4) is 0 Å². The molecule has 1 rings (SSSR count). The van der Waals surface area contributed by atoms with Gasteiger partial charge in [0.25, 0.3) is 0 Å². The van der Waals surface area contributed by atoms with Crippen molar-refractivity contribution in [1.29, 1.82) is 0 Å². The maximum absolute atomic E-state index is 11.7. The summed E-state index contributed by atoms with van der Waals surface area (Å²) < 4.78 is 0. The van der Waals surface area contributed by atoms with Gasteiger partial charge in [0, 0.05) is 11.6 Å². The Balaban J connectivity index is 0.00000121. The fourth-order valence-electron chi connectivity index (χ4n) is 1.47. The molecule has 0 aromatic heterocycles. The van der Waals surface area contributed by atoms with E-state index in [9.17, 15) is 4.79 Å². The Labute approximate surface area is 105 Å². The lowest BCUT2D eigenvalue weighted by Crippen LogP contribution is -2.20. The van der Waals surface area contributed by atoms with Gasteiger partial charge in [-0.2, -0.15) is 0 Å². The predicted molar refractivity (Wildman–Crippen MR) is 75.2 cm³/mol. The summed E-state index contributed by atoms with van der Waals surface area (Å²) in [6.45, 7) is 10.1. The summed E-state index contributed by atoms with van der Waals surface area (Å²) in [6, 6.07) is 7.87. The van der Waals surface area contributed by atoms with E-state index in [1.165, 1.54) is 5.56 Å². The molecule has 0 heterocycles. The molecule has 0 fully saturated rings. The summed E-state index contributed by atoms with van der Waals surface area (Å²) in [6.07, 6.45) is 1.99. The summed E-state index contributed by atoms with van der Waals surface area (Å²) in [5, 5.41) is 2.91. The molecule has 0 radical (unpaired) electrons. The summed E-state index contributed by atoms with van der Waals surface area (Å²) in [7, 11) is 0. The molecule has 1 aromatic rings. The Bertz CT molecular complexity index is 316. The molecule has 0 aliphatic heterocycles. The van der Waals surface area contributed by atoms with Crippen molar-refractivity contribution in [3.63, 3.8) is 0 Å². The molecular weight excluding hydrogens is 210 g/mol. The number of aryl methyl sites for hydroxylation is 1. The first-order chi connectivity index (χ1) is 8.13. The van der Waals surface area contributed by atoms with E-state index in [4.69, 9.17) is 0 Å². The summed E-state index contributed by atoms with van der Waals surface area (Å²) >= 11 is 0. The van der Waals surface area contributed by atoms with Gasteiger partial charge in [-0.1, -0.05) is 51.8 Å². The highest BCUT2D eigenvalue weighted by Crippen LogP contribution is 2.12. The molecule has 1 N–H and O–H groups in total. The van der Waals surface area contributed by atoms with Gasteiger partial charge in [0.2, 0.25) is 5.91 Å². The second-order valence-corrected chi connectivity index (χ2v) is 4.04. The second-order valence-electron chi connectivity index (χ2n) is 4.04. The number of rotatable bonds is 4. The van der Waals surface area contributed by atoms with E-state index < -0.39 is 0 Å². The number of benzene rings is 1. The highest BCUT2D eigenvalue weighted by molar-refractivity contribution is 5.92. The molecule has 0 spiro atoms. The zero-order chi connectivity index (χ0) is 13.3. The molecule has 1 atom stereocenters. The second kappa shape index (κ2) is 8.80. The van der Waals surface area contributed by atoms with Gasteiger partial charge >= 0.3 is 0 Å². The third-order valence-corrected chi connectivity index (χ3v) is 2.49. The molecule has 2 heteroatoms. The van der Waals surface area contributed by atoms with Crippen molar-refractivity contribution < 1.29 is 4.79 Å². The maximum Gasteiger partial charge on any atom is 0.227 e. The Kier molecular flexibility index (Phi) is 8.12. The molecule has 1 amide bonds. The minimum absolute atomic E-state index is 0.0938. The number of nitrogens with one attached hydrogen (secondary N) is 1. The monoisotopic (exact) mass is 235 g/mol. The number of hydrogen-bond acceptors (Lipinski definition) is 1. The Morgan fingerprint density at radius 1 is 1.24 bits per heavy atom. The summed E-state index contributed by atoms with van der Waals surface area (Å²) in [4.78, 5) is 11.7. The molecule has 0 aliphatic carbocycles. The topological polar surface area (TPSA) is 29.1 Å². The molecular formula is C15H25NO. The fraction of sp³-hybridized carbons (Fsp3) is 0.533. The smallest absolute Gasteiger partial charge is 0.227 e. The molecule has 0 aliphatic rings. The van der Waals surface area contributed by atoms with Crippen LogP contribution < -0.4 is 5.32 Å². The van der Waals surface area contributed by atoms with Crippen molar-refractivity contribution in [1.82, 2.24) is 0 Å². The Hall–Kier alpha value is -1.31. The summed E-state index contributed by atoms with van der Waals surface area (Å²) in [5.41, 5.74) is 2.09. The molecule has 0 saturated carbocycles. The third kappa shape index (κ3) is 6.10. The number of anilines is 1. The van der Waals surface area contributed by atoms with Crippen LogP contribution in [-0.4, -0.2) is 5.91 Å². The van der Waals surface area contributed by atoms with E-state index in [1.54, 1.807) is 0 Å². The third-order valence-electron chi connectivity index (χ3n) is 2.49. The molecule has 0 saturated heterocycles. The van der Waals surface area contributed by atoms with Crippen molar-refractivity contribution in [2.75, 3.05) is 5.32 Å². The molecule has 2 nitrogen and oxygen atoms in total.